The van der Waals surface area contributed by atoms with Gasteiger partial charge in [-0.1, -0.05) is 6.08 Å². The lowest BCUT2D eigenvalue weighted by atomic mass is 9.44. The Labute approximate surface area is 147 Å². The number of Topliss-reactive ketones (excluding diaryl/α,β-unsaturated/α-hetero) is 1. The molecule has 0 aromatic rings. The Morgan fingerprint density at radius 1 is 1.32 bits per heavy atom. The van der Waals surface area contributed by atoms with Crippen LogP contribution in [0.25, 0.3) is 0 Å². The van der Waals surface area contributed by atoms with E-state index >= 15 is 0 Å². The van der Waals surface area contributed by atoms with Crippen molar-refractivity contribution < 1.29 is 19.7 Å². The van der Waals surface area contributed by atoms with Crippen LogP contribution >= 0.6 is 0 Å². The second kappa shape index (κ2) is 4.49. The van der Waals surface area contributed by atoms with Gasteiger partial charge < -0.3 is 14.9 Å². The third-order valence-corrected chi connectivity index (χ3v) is 8.07. The highest BCUT2D eigenvalue weighted by Crippen LogP contribution is 2.69. The third-order valence-electron chi connectivity index (χ3n) is 8.07. The lowest BCUT2D eigenvalue weighted by Crippen LogP contribution is -2.76. The predicted molar refractivity (Wildman–Crippen MR) is 89.6 cm³/mol. The second-order valence-electron chi connectivity index (χ2n) is 9.12. The Balaban J connectivity index is 1.51. The fraction of sp³-hybridized carbons (Fsp3) is 0.750. The molecule has 1 spiro atoms. The number of ether oxygens (including phenoxy) is 1. The van der Waals surface area contributed by atoms with Gasteiger partial charge in [0, 0.05) is 24.9 Å². The minimum atomic E-state index is -0.882. The standard InChI is InChI=1S/C20H25NO4/c22-13-4-3-12-9-15-20(24)6-5-14(23)18-19(20,16(12)17(13)25-18)7-8-21(15)10-11-1-2-11/h3-4,11-12,15-16,18,22,24H,1-2,5-10H2/t12?,15?,16?,18?,19?,20-/m1/s1. The number of aliphatic hydroxyl groups excluding tert-OH is 1. The number of piperidine rings is 1. The molecular formula is C20H25NO4. The summed E-state index contributed by atoms with van der Waals surface area (Å²) in [5.74, 6) is 1.82. The van der Waals surface area contributed by atoms with Gasteiger partial charge in [-0.3, -0.25) is 9.69 Å². The lowest BCUT2D eigenvalue weighted by molar-refractivity contribution is -0.244. The molecule has 5 nitrogen and oxygen atoms in total. The van der Waals surface area contributed by atoms with E-state index in [2.05, 4.69) is 11.0 Å². The molecule has 134 valence electrons. The van der Waals surface area contributed by atoms with Crippen LogP contribution < -0.4 is 0 Å². The second-order valence-corrected chi connectivity index (χ2v) is 9.12. The maximum Gasteiger partial charge on any atom is 0.174 e. The summed E-state index contributed by atoms with van der Waals surface area (Å²) in [7, 11) is 0. The quantitative estimate of drug-likeness (QED) is 0.802. The zero-order chi connectivity index (χ0) is 17.0. The molecule has 0 aromatic carbocycles. The van der Waals surface area contributed by atoms with Crippen molar-refractivity contribution in [2.45, 2.75) is 56.3 Å². The van der Waals surface area contributed by atoms with Crippen LogP contribution in [-0.4, -0.2) is 51.7 Å². The summed E-state index contributed by atoms with van der Waals surface area (Å²) in [4.78, 5) is 15.2. The number of rotatable bonds is 2. The van der Waals surface area contributed by atoms with E-state index in [1.807, 2.05) is 0 Å². The van der Waals surface area contributed by atoms with E-state index in [-0.39, 0.29) is 29.4 Å². The molecular weight excluding hydrogens is 318 g/mol. The van der Waals surface area contributed by atoms with Crippen LogP contribution in [0.2, 0.25) is 0 Å². The Morgan fingerprint density at radius 2 is 2.16 bits per heavy atom. The molecule has 6 rings (SSSR count). The highest BCUT2D eigenvalue weighted by Gasteiger charge is 2.77. The number of nitrogens with zero attached hydrogens (tertiary/aromatic N) is 1. The number of hydrogen-bond donors (Lipinski definition) is 2. The van der Waals surface area contributed by atoms with E-state index < -0.39 is 17.1 Å². The molecule has 5 fully saturated rings. The highest BCUT2D eigenvalue weighted by atomic mass is 16.5. The molecule has 0 amide bonds. The zero-order valence-corrected chi connectivity index (χ0v) is 14.4. The number of hydrogen-bond acceptors (Lipinski definition) is 5. The molecule has 5 heteroatoms. The summed E-state index contributed by atoms with van der Waals surface area (Å²) in [6.07, 6.45) is 8.47. The highest BCUT2D eigenvalue weighted by molar-refractivity contribution is 5.87. The van der Waals surface area contributed by atoms with Gasteiger partial charge in [0.1, 0.15) is 5.76 Å². The first-order valence-electron chi connectivity index (χ1n) is 9.82. The molecule has 0 radical (unpaired) electrons. The average molecular weight is 343 g/mol. The van der Waals surface area contributed by atoms with Crippen LogP contribution in [0, 0.1) is 23.2 Å². The van der Waals surface area contributed by atoms with Gasteiger partial charge in [-0.15, -0.1) is 0 Å². The maximum absolute atomic E-state index is 12.7. The van der Waals surface area contributed by atoms with Gasteiger partial charge in [0.25, 0.3) is 0 Å². The number of carbonyl (C=O) groups is 1. The molecule has 25 heavy (non-hydrogen) atoms. The van der Waals surface area contributed by atoms with Gasteiger partial charge >= 0.3 is 0 Å². The number of likely N-dealkylation sites (tertiary alicyclic amines) is 1. The van der Waals surface area contributed by atoms with Gasteiger partial charge in [0.2, 0.25) is 0 Å². The fourth-order valence-electron chi connectivity index (χ4n) is 6.87. The number of allylic oxidation sites excluding steroid dienone is 3. The van der Waals surface area contributed by atoms with Crippen molar-refractivity contribution >= 4 is 5.78 Å². The predicted octanol–water partition coefficient (Wildman–Crippen LogP) is 1.93. The molecule has 6 aliphatic rings. The Bertz CT molecular complexity index is 725. The Morgan fingerprint density at radius 3 is 2.96 bits per heavy atom. The largest absolute Gasteiger partial charge is 0.504 e. The normalized spacial score (nSPS) is 50.7. The molecule has 2 bridgehead atoms. The van der Waals surface area contributed by atoms with Crippen LogP contribution in [0.4, 0.5) is 0 Å². The maximum atomic E-state index is 12.7. The van der Waals surface area contributed by atoms with Crippen LogP contribution in [0.1, 0.15) is 38.5 Å². The first-order valence-corrected chi connectivity index (χ1v) is 9.82. The van der Waals surface area contributed by atoms with E-state index in [1.54, 1.807) is 6.08 Å². The van der Waals surface area contributed by atoms with E-state index in [4.69, 9.17) is 4.74 Å². The Hall–Kier alpha value is -1.33. The molecule has 6 atom stereocenters. The van der Waals surface area contributed by atoms with Crippen molar-refractivity contribution in [3.05, 3.63) is 23.7 Å². The zero-order valence-electron chi connectivity index (χ0n) is 14.4. The fourth-order valence-corrected chi connectivity index (χ4v) is 6.87. The van der Waals surface area contributed by atoms with Gasteiger partial charge in [-0.05, 0) is 56.6 Å². The van der Waals surface area contributed by atoms with E-state index in [9.17, 15) is 15.0 Å². The van der Waals surface area contributed by atoms with E-state index in [1.165, 1.54) is 12.8 Å². The van der Waals surface area contributed by atoms with Crippen molar-refractivity contribution in [3.63, 3.8) is 0 Å². The number of carbonyl (C=O) groups excluding carboxylic acids is 1. The summed E-state index contributed by atoms with van der Waals surface area (Å²) in [6, 6.07) is 0.103. The average Bonchev–Trinajstić information content (AvgIpc) is 3.32. The van der Waals surface area contributed by atoms with Crippen LogP contribution in [0.5, 0.6) is 0 Å². The Kier molecular flexibility index (Phi) is 2.66. The van der Waals surface area contributed by atoms with Gasteiger partial charge in [-0.2, -0.15) is 0 Å². The van der Waals surface area contributed by atoms with Crippen molar-refractivity contribution in [1.82, 2.24) is 4.90 Å². The van der Waals surface area contributed by atoms with Gasteiger partial charge in [0.15, 0.2) is 17.6 Å². The van der Waals surface area contributed by atoms with Crippen molar-refractivity contribution in [1.29, 1.82) is 0 Å². The summed E-state index contributed by atoms with van der Waals surface area (Å²) in [5.41, 5.74) is -1.43. The van der Waals surface area contributed by atoms with Gasteiger partial charge in [0.05, 0.1) is 11.0 Å². The molecule has 3 saturated carbocycles. The summed E-state index contributed by atoms with van der Waals surface area (Å²) < 4.78 is 6.10. The summed E-state index contributed by atoms with van der Waals surface area (Å²) >= 11 is 0. The smallest absolute Gasteiger partial charge is 0.174 e. The summed E-state index contributed by atoms with van der Waals surface area (Å²) in [5, 5.41) is 22.4. The van der Waals surface area contributed by atoms with Crippen molar-refractivity contribution in [3.8, 4) is 0 Å². The first-order chi connectivity index (χ1) is 12.0. The minimum absolute atomic E-state index is 0.0453. The lowest BCUT2D eigenvalue weighted by Gasteiger charge is -2.65. The molecule has 2 aliphatic heterocycles. The molecule has 2 N–H and O–H groups in total. The van der Waals surface area contributed by atoms with E-state index in [0.29, 0.717) is 18.6 Å². The molecule has 4 aliphatic carbocycles. The number of ketones is 1. The topological polar surface area (TPSA) is 70.0 Å². The SMILES string of the molecule is O=C1CC[C@@]2(O)C3CC4C=CC(O)=C5OC1C2(CCN3CC1CC1)C54. The molecule has 2 heterocycles. The van der Waals surface area contributed by atoms with Crippen LogP contribution in [0.15, 0.2) is 23.7 Å². The molecule has 2 saturated heterocycles. The first kappa shape index (κ1) is 14.8. The van der Waals surface area contributed by atoms with Crippen molar-refractivity contribution in [2.24, 2.45) is 23.2 Å². The third kappa shape index (κ3) is 1.61. The van der Waals surface area contributed by atoms with Crippen LogP contribution in [0.3, 0.4) is 0 Å². The number of aliphatic hydroxyl groups is 2. The molecule has 5 unspecified atom stereocenters. The van der Waals surface area contributed by atoms with Crippen LogP contribution in [-0.2, 0) is 9.53 Å². The summed E-state index contributed by atoms with van der Waals surface area (Å²) in [6.45, 7) is 2.01. The van der Waals surface area contributed by atoms with E-state index in [0.717, 1.165) is 31.8 Å². The monoisotopic (exact) mass is 343 g/mol. The molecule has 0 aromatic heterocycles. The van der Waals surface area contributed by atoms with Crippen molar-refractivity contribution in [2.75, 3.05) is 13.1 Å². The van der Waals surface area contributed by atoms with Gasteiger partial charge in [-0.25, -0.2) is 0 Å². The minimum Gasteiger partial charge on any atom is -0.504 e.